The van der Waals surface area contributed by atoms with Crippen molar-refractivity contribution in [3.63, 3.8) is 0 Å². The van der Waals surface area contributed by atoms with Gasteiger partial charge in [0.2, 0.25) is 0 Å². The average Bonchev–Trinajstić information content (AvgIpc) is 2.95. The summed E-state index contributed by atoms with van der Waals surface area (Å²) in [6.45, 7) is 9.06. The Morgan fingerprint density at radius 2 is 1.85 bits per heavy atom. The van der Waals surface area contributed by atoms with Crippen molar-refractivity contribution in [2.45, 2.75) is 72.3 Å². The van der Waals surface area contributed by atoms with E-state index in [4.69, 9.17) is 4.99 Å². The lowest BCUT2D eigenvalue weighted by molar-refractivity contribution is 0.412. The second kappa shape index (κ2) is 6.56. The standard InChI is InChI=1S/C19H29N/c1-5-18(17-12-8-7-11-15(17)3)20-16(4)19(6-2)13-9-10-14-19/h7-8,11-12,18H,5-6,9-10,13-14H2,1-4H3. The van der Waals surface area contributed by atoms with E-state index in [1.165, 1.54) is 48.9 Å². The zero-order valence-electron chi connectivity index (χ0n) is 13.6. The summed E-state index contributed by atoms with van der Waals surface area (Å²) in [5.41, 5.74) is 4.56. The molecule has 1 unspecified atom stereocenters. The smallest absolute Gasteiger partial charge is 0.0748 e. The highest BCUT2D eigenvalue weighted by molar-refractivity contribution is 5.88. The normalized spacial score (nSPS) is 20.1. The summed E-state index contributed by atoms with van der Waals surface area (Å²) >= 11 is 0. The summed E-state index contributed by atoms with van der Waals surface area (Å²) in [6, 6.07) is 9.04. The Labute approximate surface area is 124 Å². The van der Waals surface area contributed by atoms with Crippen molar-refractivity contribution in [1.82, 2.24) is 0 Å². The van der Waals surface area contributed by atoms with Crippen molar-refractivity contribution in [3.8, 4) is 0 Å². The third-order valence-electron chi connectivity index (χ3n) is 5.29. The summed E-state index contributed by atoms with van der Waals surface area (Å²) in [6.07, 6.45) is 7.75. The van der Waals surface area contributed by atoms with Crippen LogP contribution < -0.4 is 0 Å². The first-order valence-corrected chi connectivity index (χ1v) is 8.23. The van der Waals surface area contributed by atoms with Crippen molar-refractivity contribution in [3.05, 3.63) is 35.4 Å². The lowest BCUT2D eigenvalue weighted by atomic mass is 9.79. The number of hydrogen-bond donors (Lipinski definition) is 0. The molecule has 1 nitrogen and oxygen atoms in total. The Hall–Kier alpha value is -1.11. The van der Waals surface area contributed by atoms with Crippen LogP contribution >= 0.6 is 0 Å². The number of aryl methyl sites for hydroxylation is 1. The fourth-order valence-corrected chi connectivity index (χ4v) is 3.74. The van der Waals surface area contributed by atoms with Gasteiger partial charge in [0, 0.05) is 11.1 Å². The summed E-state index contributed by atoms with van der Waals surface area (Å²) < 4.78 is 0. The van der Waals surface area contributed by atoms with E-state index in [1.54, 1.807) is 0 Å². The van der Waals surface area contributed by atoms with E-state index < -0.39 is 0 Å². The highest BCUT2D eigenvalue weighted by Crippen LogP contribution is 2.43. The van der Waals surface area contributed by atoms with E-state index in [1.807, 2.05) is 0 Å². The molecule has 0 aliphatic heterocycles. The topological polar surface area (TPSA) is 12.4 Å². The molecule has 0 aromatic heterocycles. The summed E-state index contributed by atoms with van der Waals surface area (Å²) in [7, 11) is 0. The second-order valence-corrected chi connectivity index (χ2v) is 6.34. The van der Waals surface area contributed by atoms with Crippen LogP contribution in [0.3, 0.4) is 0 Å². The molecule has 1 atom stereocenters. The predicted molar refractivity (Wildman–Crippen MR) is 88.5 cm³/mol. The molecule has 110 valence electrons. The summed E-state index contributed by atoms with van der Waals surface area (Å²) in [5.74, 6) is 0. The van der Waals surface area contributed by atoms with Crippen molar-refractivity contribution in [1.29, 1.82) is 0 Å². The lowest BCUT2D eigenvalue weighted by Gasteiger charge is -2.29. The first-order chi connectivity index (χ1) is 9.63. The quantitative estimate of drug-likeness (QED) is 0.593. The second-order valence-electron chi connectivity index (χ2n) is 6.34. The van der Waals surface area contributed by atoms with Crippen LogP contribution in [0.1, 0.15) is 76.5 Å². The molecule has 0 saturated heterocycles. The molecule has 1 heteroatoms. The highest BCUT2D eigenvalue weighted by atomic mass is 14.8. The summed E-state index contributed by atoms with van der Waals surface area (Å²) in [5, 5.41) is 0. The van der Waals surface area contributed by atoms with Gasteiger partial charge in [-0.25, -0.2) is 0 Å². The maximum Gasteiger partial charge on any atom is 0.0748 e. The molecule has 0 heterocycles. The van der Waals surface area contributed by atoms with Gasteiger partial charge in [0.15, 0.2) is 0 Å². The molecule has 0 N–H and O–H groups in total. The third kappa shape index (κ3) is 2.97. The summed E-state index contributed by atoms with van der Waals surface area (Å²) in [4.78, 5) is 5.17. The van der Waals surface area contributed by atoms with Crippen LogP contribution in [0.25, 0.3) is 0 Å². The van der Waals surface area contributed by atoms with Gasteiger partial charge in [-0.2, -0.15) is 0 Å². The zero-order valence-corrected chi connectivity index (χ0v) is 13.6. The molecule has 0 radical (unpaired) electrons. The first kappa shape index (κ1) is 15.3. The maximum absolute atomic E-state index is 5.17. The molecule has 0 spiro atoms. The number of nitrogens with zero attached hydrogens (tertiary/aromatic N) is 1. The maximum atomic E-state index is 5.17. The van der Waals surface area contributed by atoms with E-state index in [2.05, 4.69) is 52.0 Å². The van der Waals surface area contributed by atoms with Gasteiger partial charge in [-0.3, -0.25) is 4.99 Å². The Balaban J connectivity index is 2.29. The van der Waals surface area contributed by atoms with Crippen LogP contribution in [-0.2, 0) is 0 Å². The molecule has 0 amide bonds. The van der Waals surface area contributed by atoms with E-state index >= 15 is 0 Å². The molecule has 1 aliphatic rings. The minimum absolute atomic E-state index is 0.334. The number of aliphatic imine (C=N–C) groups is 1. The van der Waals surface area contributed by atoms with Gasteiger partial charge in [-0.15, -0.1) is 0 Å². The molecule has 1 saturated carbocycles. The minimum atomic E-state index is 0.334. The van der Waals surface area contributed by atoms with Gasteiger partial charge in [-0.1, -0.05) is 51.0 Å². The van der Waals surface area contributed by atoms with Gasteiger partial charge < -0.3 is 0 Å². The molecule has 2 rings (SSSR count). The van der Waals surface area contributed by atoms with Gasteiger partial charge >= 0.3 is 0 Å². The van der Waals surface area contributed by atoms with E-state index in [0.29, 0.717) is 11.5 Å². The van der Waals surface area contributed by atoms with Gasteiger partial charge in [0.1, 0.15) is 0 Å². The van der Waals surface area contributed by atoms with Crippen LogP contribution in [0.4, 0.5) is 0 Å². The fourth-order valence-electron chi connectivity index (χ4n) is 3.74. The van der Waals surface area contributed by atoms with Crippen molar-refractivity contribution >= 4 is 5.71 Å². The van der Waals surface area contributed by atoms with E-state index in [0.717, 1.165) is 6.42 Å². The molecule has 1 aliphatic carbocycles. The SMILES string of the molecule is CCC(N=C(C)C1(CC)CCCC1)c1ccccc1C. The number of hydrogen-bond acceptors (Lipinski definition) is 1. The predicted octanol–water partition coefficient (Wildman–Crippen LogP) is 5.88. The van der Waals surface area contributed by atoms with E-state index in [9.17, 15) is 0 Å². The third-order valence-corrected chi connectivity index (χ3v) is 5.29. The number of rotatable bonds is 5. The zero-order chi connectivity index (χ0) is 14.6. The van der Waals surface area contributed by atoms with Gasteiger partial charge in [-0.05, 0) is 50.7 Å². The van der Waals surface area contributed by atoms with Crippen LogP contribution in [-0.4, -0.2) is 5.71 Å². The van der Waals surface area contributed by atoms with Gasteiger partial charge in [0.05, 0.1) is 6.04 Å². The monoisotopic (exact) mass is 271 g/mol. The Bertz CT molecular complexity index is 466. The van der Waals surface area contributed by atoms with Crippen LogP contribution in [0.15, 0.2) is 29.3 Å². The minimum Gasteiger partial charge on any atom is -0.286 e. The average molecular weight is 271 g/mol. The van der Waals surface area contributed by atoms with Crippen LogP contribution in [0, 0.1) is 12.3 Å². The fraction of sp³-hybridized carbons (Fsp3) is 0.632. The van der Waals surface area contributed by atoms with Crippen molar-refractivity contribution < 1.29 is 0 Å². The molecule has 1 aromatic rings. The molecular weight excluding hydrogens is 242 g/mol. The molecule has 0 bridgehead atoms. The Kier molecular flexibility index (Phi) is 5.01. The Morgan fingerprint density at radius 3 is 2.40 bits per heavy atom. The first-order valence-electron chi connectivity index (χ1n) is 8.23. The molecular formula is C19H29N. The van der Waals surface area contributed by atoms with Gasteiger partial charge in [0.25, 0.3) is 0 Å². The lowest BCUT2D eigenvalue weighted by Crippen LogP contribution is -2.25. The molecule has 20 heavy (non-hydrogen) atoms. The molecule has 1 aromatic carbocycles. The van der Waals surface area contributed by atoms with Crippen molar-refractivity contribution in [2.24, 2.45) is 10.4 Å². The highest BCUT2D eigenvalue weighted by Gasteiger charge is 2.35. The van der Waals surface area contributed by atoms with Crippen molar-refractivity contribution in [2.75, 3.05) is 0 Å². The Morgan fingerprint density at radius 1 is 1.20 bits per heavy atom. The number of benzene rings is 1. The molecule has 1 fully saturated rings. The van der Waals surface area contributed by atoms with Crippen LogP contribution in [0.5, 0.6) is 0 Å². The largest absolute Gasteiger partial charge is 0.286 e. The van der Waals surface area contributed by atoms with Crippen LogP contribution in [0.2, 0.25) is 0 Å². The van der Waals surface area contributed by atoms with E-state index in [-0.39, 0.29) is 0 Å².